The van der Waals surface area contributed by atoms with Crippen LogP contribution in [-0.4, -0.2) is 6.61 Å². The van der Waals surface area contributed by atoms with Crippen LogP contribution in [0.4, 0.5) is 0 Å². The van der Waals surface area contributed by atoms with Crippen molar-refractivity contribution in [3.05, 3.63) is 12.8 Å². The summed E-state index contributed by atoms with van der Waals surface area (Å²) in [4.78, 5) is 0. The van der Waals surface area contributed by atoms with Gasteiger partial charge in [-0.15, -0.1) is 0 Å². The van der Waals surface area contributed by atoms with Crippen LogP contribution in [0.25, 0.3) is 0 Å². The third-order valence-electron chi connectivity index (χ3n) is 2.82. The van der Waals surface area contributed by atoms with Gasteiger partial charge in [0.05, 0.1) is 12.9 Å². The molecule has 0 saturated heterocycles. The highest BCUT2D eigenvalue weighted by atomic mass is 16.5. The second-order valence-electron chi connectivity index (χ2n) is 5.34. The molecular formula is C17H36O. The lowest BCUT2D eigenvalue weighted by molar-refractivity contribution is 0.251. The van der Waals surface area contributed by atoms with Crippen LogP contribution in [0.1, 0.15) is 85.5 Å². The summed E-state index contributed by atoms with van der Waals surface area (Å²) in [6.07, 6.45) is 14.0. The zero-order chi connectivity index (χ0) is 14.1. The van der Waals surface area contributed by atoms with Crippen LogP contribution in [0, 0.1) is 5.92 Å². The average Bonchev–Trinajstić information content (AvgIpc) is 2.36. The van der Waals surface area contributed by atoms with Crippen LogP contribution in [0.3, 0.4) is 0 Å². The van der Waals surface area contributed by atoms with Crippen molar-refractivity contribution in [1.29, 1.82) is 0 Å². The van der Waals surface area contributed by atoms with Crippen LogP contribution in [-0.2, 0) is 4.74 Å². The Morgan fingerprint density at radius 2 is 1.44 bits per heavy atom. The smallest absolute Gasteiger partial charge is 0.0870 e. The summed E-state index contributed by atoms with van der Waals surface area (Å²) >= 11 is 0. The van der Waals surface area contributed by atoms with E-state index in [9.17, 15) is 0 Å². The first-order chi connectivity index (χ1) is 8.68. The molecule has 0 rings (SSSR count). The molecule has 0 aliphatic carbocycles. The summed E-state index contributed by atoms with van der Waals surface area (Å²) in [5.74, 6) is 0.903. The van der Waals surface area contributed by atoms with E-state index in [0.29, 0.717) is 0 Å². The summed E-state index contributed by atoms with van der Waals surface area (Å²) in [6, 6.07) is 0. The van der Waals surface area contributed by atoms with E-state index in [1.54, 1.807) is 0 Å². The van der Waals surface area contributed by atoms with Crippen molar-refractivity contribution in [1.82, 2.24) is 0 Å². The molecule has 0 atom stereocenters. The van der Waals surface area contributed by atoms with Crippen LogP contribution >= 0.6 is 0 Å². The van der Waals surface area contributed by atoms with E-state index >= 15 is 0 Å². The van der Waals surface area contributed by atoms with E-state index in [4.69, 9.17) is 4.74 Å². The minimum absolute atomic E-state index is 0.795. The Morgan fingerprint density at radius 1 is 0.889 bits per heavy atom. The quantitative estimate of drug-likeness (QED) is 0.309. The van der Waals surface area contributed by atoms with E-state index in [1.807, 2.05) is 0 Å². The molecule has 0 amide bonds. The van der Waals surface area contributed by atoms with E-state index in [1.165, 1.54) is 57.6 Å². The van der Waals surface area contributed by atoms with E-state index < -0.39 is 0 Å². The van der Waals surface area contributed by atoms with Crippen molar-refractivity contribution < 1.29 is 4.74 Å². The molecule has 0 radical (unpaired) electrons. The Balaban J connectivity index is 0. The molecular weight excluding hydrogens is 220 g/mol. The minimum atomic E-state index is 0.795. The van der Waals surface area contributed by atoms with E-state index in [-0.39, 0.29) is 0 Å². The molecule has 110 valence electrons. The molecule has 0 aromatic heterocycles. The maximum absolute atomic E-state index is 4.75. The van der Waals surface area contributed by atoms with Gasteiger partial charge in [0.2, 0.25) is 0 Å². The largest absolute Gasteiger partial charge is 0.502 e. The number of hydrogen-bond donors (Lipinski definition) is 0. The summed E-state index contributed by atoms with van der Waals surface area (Å²) in [7, 11) is 0. The van der Waals surface area contributed by atoms with E-state index in [2.05, 4.69) is 34.3 Å². The highest BCUT2D eigenvalue weighted by Gasteiger charge is 1.93. The molecule has 1 nitrogen and oxygen atoms in total. The lowest BCUT2D eigenvalue weighted by atomic mass is 10.0. The molecule has 0 aromatic rings. The molecule has 0 aromatic carbocycles. The fourth-order valence-electron chi connectivity index (χ4n) is 1.71. The van der Waals surface area contributed by atoms with Gasteiger partial charge in [0.15, 0.2) is 0 Å². The molecule has 1 heteroatoms. The molecule has 0 saturated carbocycles. The first kappa shape index (κ1) is 19.9. The number of ether oxygens (including phenoxy) is 1. The van der Waals surface area contributed by atoms with Gasteiger partial charge in [0, 0.05) is 0 Å². The van der Waals surface area contributed by atoms with Gasteiger partial charge in [0.25, 0.3) is 0 Å². The van der Waals surface area contributed by atoms with Crippen molar-refractivity contribution in [2.75, 3.05) is 6.61 Å². The summed E-state index contributed by atoms with van der Waals surface area (Å²) in [6.45, 7) is 13.1. The van der Waals surface area contributed by atoms with Gasteiger partial charge >= 0.3 is 0 Å². The van der Waals surface area contributed by atoms with Crippen molar-refractivity contribution >= 4 is 0 Å². The van der Waals surface area contributed by atoms with Gasteiger partial charge in [-0.05, 0) is 12.3 Å². The third-order valence-corrected chi connectivity index (χ3v) is 2.82. The summed E-state index contributed by atoms with van der Waals surface area (Å²) < 4.78 is 4.75. The second-order valence-corrected chi connectivity index (χ2v) is 5.34. The highest BCUT2D eigenvalue weighted by molar-refractivity contribution is 4.48. The van der Waals surface area contributed by atoms with E-state index in [0.717, 1.165) is 18.9 Å². The number of rotatable bonds is 11. The molecule has 0 unspecified atom stereocenters. The minimum Gasteiger partial charge on any atom is -0.502 e. The Morgan fingerprint density at radius 3 is 1.83 bits per heavy atom. The van der Waals surface area contributed by atoms with Gasteiger partial charge in [-0.3, -0.25) is 0 Å². The molecule has 0 bridgehead atoms. The monoisotopic (exact) mass is 256 g/mol. The maximum atomic E-state index is 4.75. The van der Waals surface area contributed by atoms with Gasteiger partial charge in [-0.2, -0.15) is 0 Å². The Kier molecular flexibility index (Phi) is 20.9. The summed E-state index contributed by atoms with van der Waals surface area (Å²) in [5, 5.41) is 0. The fraction of sp³-hybridized carbons (Fsp3) is 0.882. The van der Waals surface area contributed by atoms with Gasteiger partial charge in [-0.25, -0.2) is 0 Å². The Hall–Kier alpha value is -0.460. The molecule has 0 fully saturated rings. The summed E-state index contributed by atoms with van der Waals surface area (Å²) in [5.41, 5.74) is 0. The van der Waals surface area contributed by atoms with Crippen LogP contribution < -0.4 is 0 Å². The molecule has 0 N–H and O–H groups in total. The third kappa shape index (κ3) is 24.7. The molecule has 0 aliphatic heterocycles. The first-order valence-corrected chi connectivity index (χ1v) is 7.91. The zero-order valence-corrected chi connectivity index (χ0v) is 13.3. The SMILES string of the molecule is C=COCCC.CCCCCCCCCC(C)C. The second kappa shape index (κ2) is 18.9. The van der Waals surface area contributed by atoms with Crippen LogP contribution in [0.5, 0.6) is 0 Å². The Bertz CT molecular complexity index is 141. The van der Waals surface area contributed by atoms with Crippen LogP contribution in [0.2, 0.25) is 0 Å². The standard InChI is InChI=1S/C12H26.C5H10O/c1-4-5-6-7-8-9-10-11-12(2)3;1-3-5-6-4-2/h12H,4-11H2,1-3H3;4H,2-3,5H2,1H3. The van der Waals surface area contributed by atoms with Crippen LogP contribution in [0.15, 0.2) is 12.8 Å². The average molecular weight is 256 g/mol. The zero-order valence-electron chi connectivity index (χ0n) is 13.3. The number of hydrogen-bond acceptors (Lipinski definition) is 1. The van der Waals surface area contributed by atoms with Gasteiger partial charge in [-0.1, -0.05) is 85.6 Å². The van der Waals surface area contributed by atoms with Crippen molar-refractivity contribution in [3.8, 4) is 0 Å². The van der Waals surface area contributed by atoms with Crippen molar-refractivity contribution in [2.24, 2.45) is 5.92 Å². The maximum Gasteiger partial charge on any atom is 0.0870 e. The molecule has 0 heterocycles. The van der Waals surface area contributed by atoms with Crippen molar-refractivity contribution in [2.45, 2.75) is 85.5 Å². The lowest BCUT2D eigenvalue weighted by Crippen LogP contribution is -1.87. The molecule has 0 aliphatic rings. The van der Waals surface area contributed by atoms with Gasteiger partial charge in [0.1, 0.15) is 0 Å². The first-order valence-electron chi connectivity index (χ1n) is 7.91. The van der Waals surface area contributed by atoms with Gasteiger partial charge < -0.3 is 4.74 Å². The number of unbranched alkanes of at least 4 members (excludes halogenated alkanes) is 6. The lowest BCUT2D eigenvalue weighted by Gasteiger charge is -2.03. The molecule has 0 spiro atoms. The predicted molar refractivity (Wildman–Crippen MR) is 83.9 cm³/mol. The highest BCUT2D eigenvalue weighted by Crippen LogP contribution is 2.11. The normalized spacial score (nSPS) is 9.83. The topological polar surface area (TPSA) is 9.23 Å². The molecule has 18 heavy (non-hydrogen) atoms. The fourth-order valence-corrected chi connectivity index (χ4v) is 1.71. The van der Waals surface area contributed by atoms with Crippen molar-refractivity contribution in [3.63, 3.8) is 0 Å². The Labute approximate surface area is 116 Å². The predicted octanol–water partition coefficient (Wildman–Crippen LogP) is 6.34.